The van der Waals surface area contributed by atoms with E-state index in [4.69, 9.17) is 5.73 Å². The van der Waals surface area contributed by atoms with Gasteiger partial charge in [0.15, 0.2) is 0 Å². The number of nitrogen functional groups attached to an aromatic ring is 1. The minimum Gasteiger partial charge on any atom is -0.399 e. The summed E-state index contributed by atoms with van der Waals surface area (Å²) < 4.78 is 82.1. The lowest BCUT2D eigenvalue weighted by molar-refractivity contribution is -0.0493. The summed E-state index contributed by atoms with van der Waals surface area (Å²) in [5, 5.41) is 0. The number of benzene rings is 2. The molecule has 0 saturated heterocycles. The van der Waals surface area contributed by atoms with E-state index in [9.17, 15) is 21.6 Å². The van der Waals surface area contributed by atoms with Crippen molar-refractivity contribution in [2.45, 2.75) is 36.3 Å². The van der Waals surface area contributed by atoms with Crippen LogP contribution in [0, 0.1) is 5.82 Å². The highest BCUT2D eigenvalue weighted by molar-refractivity contribution is 8.00. The molecule has 0 amide bonds. The zero-order valence-corrected chi connectivity index (χ0v) is 21.6. The molecule has 1 aliphatic heterocycles. The number of fused-ring (bicyclic) bond motifs is 1. The second kappa shape index (κ2) is 10.5. The van der Waals surface area contributed by atoms with Crippen molar-refractivity contribution in [2.75, 3.05) is 23.4 Å². The molecule has 2 aromatic carbocycles. The van der Waals surface area contributed by atoms with E-state index in [1.54, 1.807) is 29.4 Å². The van der Waals surface area contributed by atoms with Gasteiger partial charge in [0.2, 0.25) is 0 Å². The number of aryl methyl sites for hydroxylation is 1. The molecule has 0 spiro atoms. The molecule has 2 N–H and O–H groups in total. The fourth-order valence-electron chi connectivity index (χ4n) is 4.54. The smallest absolute Gasteiger partial charge is 0.399 e. The number of anilines is 2. The summed E-state index contributed by atoms with van der Waals surface area (Å²) in [5.41, 5.74) is 2.48. The fraction of sp³-hybridized carbons (Fsp3) is 0.320. The van der Waals surface area contributed by atoms with Gasteiger partial charge in [-0.15, -0.1) is 11.8 Å². The third-order valence-electron chi connectivity index (χ3n) is 6.45. The van der Waals surface area contributed by atoms with Gasteiger partial charge in [-0.25, -0.2) is 12.8 Å². The van der Waals surface area contributed by atoms with Crippen LogP contribution >= 0.6 is 11.8 Å². The zero-order chi connectivity index (χ0) is 26.8. The highest BCUT2D eigenvalue weighted by Crippen LogP contribution is 2.45. The van der Waals surface area contributed by atoms with E-state index in [2.05, 4.69) is 4.98 Å². The minimum atomic E-state index is -5.76. The first kappa shape index (κ1) is 27.2. The molecule has 0 radical (unpaired) electrons. The Morgan fingerprint density at radius 1 is 1.11 bits per heavy atom. The summed E-state index contributed by atoms with van der Waals surface area (Å²) in [7, 11) is -5.76. The summed E-state index contributed by atoms with van der Waals surface area (Å²) in [6, 6.07) is 16.8. The second-order valence-corrected chi connectivity index (χ2v) is 11.9. The normalized spacial score (nSPS) is 18.9. The molecule has 198 valence electrons. The Morgan fingerprint density at radius 2 is 1.84 bits per heavy atom. The molecule has 1 aromatic heterocycles. The summed E-state index contributed by atoms with van der Waals surface area (Å²) >= 11 is 1.23. The van der Waals surface area contributed by atoms with Gasteiger partial charge >= 0.3 is 15.5 Å². The van der Waals surface area contributed by atoms with Gasteiger partial charge in [-0.05, 0) is 48.9 Å². The number of hydrogen-bond donors (Lipinski definition) is 1. The lowest BCUT2D eigenvalue weighted by Gasteiger charge is -2.45. The molecule has 0 aliphatic carbocycles. The number of nitrogens with zero attached hydrogens (tertiary/aromatic N) is 3. The van der Waals surface area contributed by atoms with Crippen LogP contribution in [0.25, 0.3) is 0 Å². The quantitative estimate of drug-likeness (QED) is 0.406. The van der Waals surface area contributed by atoms with E-state index in [0.717, 1.165) is 11.6 Å². The number of rotatable bonds is 7. The SMILES string of the molecule is CSC1(CCc2ccccc2)CN(S(=O)(=O)C(F)(F)F)Cc2c(F)cccc2N1Cc1cc(N)ccn1. The van der Waals surface area contributed by atoms with Crippen LogP contribution < -0.4 is 10.6 Å². The van der Waals surface area contributed by atoms with Gasteiger partial charge in [0, 0.05) is 36.2 Å². The van der Waals surface area contributed by atoms with Crippen molar-refractivity contribution in [1.29, 1.82) is 0 Å². The highest BCUT2D eigenvalue weighted by atomic mass is 32.2. The first-order valence-corrected chi connectivity index (χ1v) is 14.0. The lowest BCUT2D eigenvalue weighted by Crippen LogP contribution is -2.54. The van der Waals surface area contributed by atoms with Gasteiger partial charge in [0.25, 0.3) is 0 Å². The Morgan fingerprint density at radius 3 is 2.49 bits per heavy atom. The molecular formula is C25H26F4N4O2S2. The van der Waals surface area contributed by atoms with Crippen molar-refractivity contribution in [3.05, 3.63) is 89.5 Å². The van der Waals surface area contributed by atoms with Crippen molar-refractivity contribution in [1.82, 2.24) is 9.29 Å². The summed E-state index contributed by atoms with van der Waals surface area (Å²) in [6.07, 6.45) is 3.96. The number of sulfonamides is 1. The predicted molar refractivity (Wildman–Crippen MR) is 138 cm³/mol. The van der Waals surface area contributed by atoms with Gasteiger partial charge in [0.05, 0.1) is 12.2 Å². The standard InChI is InChI=1S/C25H26F4N4O2S2/c1-36-24(12-10-18-6-3-2-4-7-18)17-32(37(34,35)25(27,28)29)16-21-22(26)8-5-9-23(21)33(24)15-20-14-19(30)11-13-31-20/h2-9,11,13-14H,10,12,15-17H2,1H3,(H2,30,31). The largest absolute Gasteiger partial charge is 0.511 e. The van der Waals surface area contributed by atoms with Crippen LogP contribution in [0.4, 0.5) is 28.9 Å². The van der Waals surface area contributed by atoms with Crippen LogP contribution in [0.1, 0.15) is 23.2 Å². The van der Waals surface area contributed by atoms with Crippen LogP contribution in [-0.4, -0.2) is 40.9 Å². The maximum Gasteiger partial charge on any atom is 0.511 e. The molecule has 0 fully saturated rings. The van der Waals surface area contributed by atoms with Crippen molar-refractivity contribution >= 4 is 33.2 Å². The van der Waals surface area contributed by atoms with Gasteiger partial charge in [0.1, 0.15) is 10.7 Å². The van der Waals surface area contributed by atoms with Crippen molar-refractivity contribution in [2.24, 2.45) is 0 Å². The number of aromatic nitrogens is 1. The van der Waals surface area contributed by atoms with Crippen LogP contribution in [0.5, 0.6) is 0 Å². The summed E-state index contributed by atoms with van der Waals surface area (Å²) in [4.78, 5) is 4.92. The average molecular weight is 555 g/mol. The molecular weight excluding hydrogens is 528 g/mol. The van der Waals surface area contributed by atoms with Gasteiger partial charge in [-0.2, -0.15) is 17.5 Å². The monoisotopic (exact) mass is 554 g/mol. The molecule has 0 saturated carbocycles. The lowest BCUT2D eigenvalue weighted by atomic mass is 10.0. The van der Waals surface area contributed by atoms with Crippen LogP contribution in [0.2, 0.25) is 0 Å². The number of pyridine rings is 1. The third kappa shape index (κ3) is 5.55. The molecule has 1 unspecified atom stereocenters. The van der Waals surface area contributed by atoms with E-state index >= 15 is 4.39 Å². The maximum atomic E-state index is 15.1. The molecule has 3 aromatic rings. The number of nitrogens with two attached hydrogens (primary N) is 1. The Kier molecular flexibility index (Phi) is 7.72. The van der Waals surface area contributed by atoms with Crippen LogP contribution in [0.3, 0.4) is 0 Å². The molecule has 4 rings (SSSR count). The van der Waals surface area contributed by atoms with Gasteiger partial charge < -0.3 is 10.6 Å². The topological polar surface area (TPSA) is 79.5 Å². The first-order valence-electron chi connectivity index (χ1n) is 11.4. The number of alkyl halides is 3. The molecule has 1 aliphatic rings. The van der Waals surface area contributed by atoms with Crippen molar-refractivity contribution in [3.8, 4) is 0 Å². The number of halogens is 4. The molecule has 12 heteroatoms. The Balaban J connectivity index is 1.90. The van der Waals surface area contributed by atoms with E-state index in [1.165, 1.54) is 24.0 Å². The number of thioether (sulfide) groups is 1. The molecule has 6 nitrogen and oxygen atoms in total. The third-order valence-corrected chi connectivity index (χ3v) is 9.29. The highest BCUT2D eigenvalue weighted by Gasteiger charge is 2.54. The van der Waals surface area contributed by atoms with E-state index in [0.29, 0.717) is 27.8 Å². The van der Waals surface area contributed by atoms with Crippen molar-refractivity contribution in [3.63, 3.8) is 0 Å². The van der Waals surface area contributed by atoms with Crippen LogP contribution in [-0.2, 0) is 29.5 Å². The minimum absolute atomic E-state index is 0.0804. The Labute approximate surface area is 217 Å². The molecule has 0 bridgehead atoms. The maximum absolute atomic E-state index is 15.1. The molecule has 1 atom stereocenters. The zero-order valence-electron chi connectivity index (χ0n) is 20.0. The molecule has 2 heterocycles. The van der Waals surface area contributed by atoms with Crippen molar-refractivity contribution < 1.29 is 26.0 Å². The second-order valence-electron chi connectivity index (χ2n) is 8.76. The van der Waals surface area contributed by atoms with Crippen LogP contribution in [0.15, 0.2) is 66.9 Å². The Bertz CT molecular complexity index is 1360. The van der Waals surface area contributed by atoms with Gasteiger partial charge in [-0.3, -0.25) is 4.98 Å². The predicted octanol–water partition coefficient (Wildman–Crippen LogP) is 5.17. The van der Waals surface area contributed by atoms with E-state index < -0.39 is 39.3 Å². The first-order chi connectivity index (χ1) is 17.5. The molecule has 37 heavy (non-hydrogen) atoms. The van der Waals surface area contributed by atoms with Gasteiger partial charge in [-0.1, -0.05) is 36.4 Å². The summed E-state index contributed by atoms with van der Waals surface area (Å²) in [6.45, 7) is -1.19. The summed E-state index contributed by atoms with van der Waals surface area (Å²) in [5.74, 6) is -0.787. The van der Waals surface area contributed by atoms with E-state index in [1.807, 2.05) is 30.3 Å². The average Bonchev–Trinajstić information content (AvgIpc) is 2.99. The fourth-order valence-corrected chi connectivity index (χ4v) is 6.57. The Hall–Kier alpha value is -2.83. The number of hydrogen-bond acceptors (Lipinski definition) is 6. The van der Waals surface area contributed by atoms with E-state index in [-0.39, 0.29) is 18.5 Å².